The van der Waals surface area contributed by atoms with E-state index in [1.807, 2.05) is 0 Å². The van der Waals surface area contributed by atoms with Crippen molar-refractivity contribution in [2.75, 3.05) is 33.5 Å². The molecule has 1 rings (SSSR count). The minimum absolute atomic E-state index is 0.169. The zero-order valence-corrected chi connectivity index (χ0v) is 10.5. The second kappa shape index (κ2) is 8.83. The molecule has 102 valence electrons. The van der Waals surface area contributed by atoms with Crippen molar-refractivity contribution in [1.29, 1.82) is 0 Å². The topological polar surface area (TPSA) is 68.2 Å². The van der Waals surface area contributed by atoms with Crippen molar-refractivity contribution in [2.24, 2.45) is 0 Å². The first-order chi connectivity index (χ1) is 8.22. The Balaban J connectivity index is 1.97. The molecule has 5 nitrogen and oxygen atoms in total. The molecule has 0 aromatic carbocycles. The molecule has 2 N–H and O–H groups in total. The van der Waals surface area contributed by atoms with E-state index in [0.717, 1.165) is 25.7 Å². The van der Waals surface area contributed by atoms with Crippen LogP contribution in [-0.2, 0) is 14.2 Å². The van der Waals surface area contributed by atoms with Crippen molar-refractivity contribution in [3.8, 4) is 0 Å². The molecule has 0 radical (unpaired) electrons. The molecule has 1 aliphatic rings. The Bertz CT molecular complexity index is 180. The molecule has 1 atom stereocenters. The molecular formula is C12H24O5. The highest BCUT2D eigenvalue weighted by Gasteiger charge is 2.20. The van der Waals surface area contributed by atoms with Crippen LogP contribution in [0.5, 0.6) is 0 Å². The van der Waals surface area contributed by atoms with Crippen molar-refractivity contribution < 1.29 is 24.4 Å². The third-order valence-electron chi connectivity index (χ3n) is 2.91. The molecule has 5 heteroatoms. The Hall–Kier alpha value is -0.200. The highest BCUT2D eigenvalue weighted by molar-refractivity contribution is 4.72. The van der Waals surface area contributed by atoms with Crippen LogP contribution in [0.25, 0.3) is 0 Å². The predicted molar refractivity (Wildman–Crippen MR) is 62.9 cm³/mol. The predicted octanol–water partition coefficient (Wildman–Crippen LogP) is 0.330. The van der Waals surface area contributed by atoms with Crippen LogP contribution < -0.4 is 0 Å². The second-order valence-electron chi connectivity index (χ2n) is 4.49. The zero-order chi connectivity index (χ0) is 12.5. The Morgan fingerprint density at radius 1 is 1.12 bits per heavy atom. The zero-order valence-electron chi connectivity index (χ0n) is 10.5. The summed E-state index contributed by atoms with van der Waals surface area (Å²) in [5.41, 5.74) is 0. The number of aliphatic hydroxyl groups is 2. The van der Waals surface area contributed by atoms with Gasteiger partial charge in [0.15, 0.2) is 0 Å². The first-order valence-electron chi connectivity index (χ1n) is 6.26. The fourth-order valence-corrected chi connectivity index (χ4v) is 1.87. The van der Waals surface area contributed by atoms with E-state index in [2.05, 4.69) is 0 Å². The van der Waals surface area contributed by atoms with E-state index in [4.69, 9.17) is 14.2 Å². The van der Waals surface area contributed by atoms with E-state index in [9.17, 15) is 10.2 Å². The maximum atomic E-state index is 9.59. The fourth-order valence-electron chi connectivity index (χ4n) is 1.87. The van der Waals surface area contributed by atoms with Crippen LogP contribution in [0.2, 0.25) is 0 Å². The summed E-state index contributed by atoms with van der Waals surface area (Å²) in [6.45, 7) is 1.60. The minimum atomic E-state index is -0.585. The highest BCUT2D eigenvalue weighted by Crippen LogP contribution is 2.20. The molecule has 0 saturated heterocycles. The van der Waals surface area contributed by atoms with Gasteiger partial charge in [-0.3, -0.25) is 0 Å². The van der Waals surface area contributed by atoms with Crippen molar-refractivity contribution in [1.82, 2.24) is 0 Å². The molecular weight excluding hydrogens is 224 g/mol. The summed E-state index contributed by atoms with van der Waals surface area (Å²) in [5, 5.41) is 18.9. The number of rotatable bonds is 8. The molecule has 1 aliphatic carbocycles. The van der Waals surface area contributed by atoms with Gasteiger partial charge >= 0.3 is 0 Å². The van der Waals surface area contributed by atoms with E-state index in [0.29, 0.717) is 19.8 Å². The Labute approximate surface area is 103 Å². The summed E-state index contributed by atoms with van der Waals surface area (Å²) in [7, 11) is 1.61. The SMILES string of the molecule is COCCOCC(O)COC1CCC(O)CC1. The third kappa shape index (κ3) is 6.95. The van der Waals surface area contributed by atoms with Crippen molar-refractivity contribution >= 4 is 0 Å². The standard InChI is InChI=1S/C12H24O5/c1-15-6-7-16-8-11(14)9-17-12-4-2-10(13)3-5-12/h10-14H,2-9H2,1H3. The van der Waals surface area contributed by atoms with Crippen LogP contribution in [0.3, 0.4) is 0 Å². The van der Waals surface area contributed by atoms with E-state index in [-0.39, 0.29) is 18.8 Å². The largest absolute Gasteiger partial charge is 0.393 e. The summed E-state index contributed by atoms with van der Waals surface area (Å²) >= 11 is 0. The lowest BCUT2D eigenvalue weighted by atomic mass is 9.95. The van der Waals surface area contributed by atoms with E-state index >= 15 is 0 Å². The van der Waals surface area contributed by atoms with Gasteiger partial charge in [0.2, 0.25) is 0 Å². The average molecular weight is 248 g/mol. The summed E-state index contributed by atoms with van der Waals surface area (Å²) in [6, 6.07) is 0. The van der Waals surface area contributed by atoms with Gasteiger partial charge in [-0.15, -0.1) is 0 Å². The van der Waals surface area contributed by atoms with E-state index in [1.54, 1.807) is 7.11 Å². The lowest BCUT2D eigenvalue weighted by Gasteiger charge is -2.26. The molecule has 1 fully saturated rings. The van der Waals surface area contributed by atoms with Crippen molar-refractivity contribution in [3.05, 3.63) is 0 Å². The fraction of sp³-hybridized carbons (Fsp3) is 1.00. The van der Waals surface area contributed by atoms with Gasteiger partial charge in [-0.2, -0.15) is 0 Å². The van der Waals surface area contributed by atoms with Gasteiger partial charge in [-0.05, 0) is 25.7 Å². The number of hydrogen-bond donors (Lipinski definition) is 2. The third-order valence-corrected chi connectivity index (χ3v) is 2.91. The Morgan fingerprint density at radius 2 is 1.82 bits per heavy atom. The number of hydrogen-bond acceptors (Lipinski definition) is 5. The molecule has 0 spiro atoms. The van der Waals surface area contributed by atoms with Gasteiger partial charge in [-0.25, -0.2) is 0 Å². The van der Waals surface area contributed by atoms with Crippen LogP contribution in [-0.4, -0.2) is 62.1 Å². The molecule has 0 aromatic heterocycles. The molecule has 1 saturated carbocycles. The van der Waals surface area contributed by atoms with Gasteiger partial charge in [0.1, 0.15) is 6.10 Å². The molecule has 1 unspecified atom stereocenters. The van der Waals surface area contributed by atoms with Gasteiger partial charge in [0, 0.05) is 7.11 Å². The molecule has 0 aliphatic heterocycles. The normalized spacial score (nSPS) is 27.0. The van der Waals surface area contributed by atoms with Crippen LogP contribution in [0.1, 0.15) is 25.7 Å². The highest BCUT2D eigenvalue weighted by atomic mass is 16.5. The summed E-state index contributed by atoms with van der Waals surface area (Å²) < 4.78 is 15.6. The smallest absolute Gasteiger partial charge is 0.101 e. The minimum Gasteiger partial charge on any atom is -0.393 e. The lowest BCUT2D eigenvalue weighted by Crippen LogP contribution is -2.29. The van der Waals surface area contributed by atoms with Gasteiger partial charge in [0.05, 0.1) is 38.6 Å². The summed E-state index contributed by atoms with van der Waals surface area (Å²) in [5.74, 6) is 0. The molecule has 0 aromatic rings. The number of methoxy groups -OCH3 is 1. The summed E-state index contributed by atoms with van der Waals surface area (Å²) in [4.78, 5) is 0. The Kier molecular flexibility index (Phi) is 7.72. The lowest BCUT2D eigenvalue weighted by molar-refractivity contribution is -0.0655. The summed E-state index contributed by atoms with van der Waals surface area (Å²) in [6.07, 6.45) is 2.76. The van der Waals surface area contributed by atoms with Crippen LogP contribution in [0, 0.1) is 0 Å². The van der Waals surface area contributed by atoms with Crippen LogP contribution in [0.4, 0.5) is 0 Å². The van der Waals surface area contributed by atoms with Crippen LogP contribution >= 0.6 is 0 Å². The number of ether oxygens (including phenoxy) is 3. The van der Waals surface area contributed by atoms with Gasteiger partial charge in [-0.1, -0.05) is 0 Å². The first-order valence-corrected chi connectivity index (χ1v) is 6.26. The second-order valence-corrected chi connectivity index (χ2v) is 4.49. The van der Waals surface area contributed by atoms with Gasteiger partial charge in [0.25, 0.3) is 0 Å². The van der Waals surface area contributed by atoms with Gasteiger partial charge < -0.3 is 24.4 Å². The van der Waals surface area contributed by atoms with E-state index < -0.39 is 6.10 Å². The number of aliphatic hydroxyl groups excluding tert-OH is 2. The quantitative estimate of drug-likeness (QED) is 0.606. The maximum absolute atomic E-state index is 9.59. The molecule has 0 amide bonds. The molecule has 0 bridgehead atoms. The maximum Gasteiger partial charge on any atom is 0.101 e. The first kappa shape index (κ1) is 14.9. The monoisotopic (exact) mass is 248 g/mol. The van der Waals surface area contributed by atoms with Crippen molar-refractivity contribution in [2.45, 2.75) is 44.0 Å². The average Bonchev–Trinajstić information content (AvgIpc) is 2.34. The van der Waals surface area contributed by atoms with Crippen molar-refractivity contribution in [3.63, 3.8) is 0 Å². The molecule has 0 heterocycles. The van der Waals surface area contributed by atoms with Crippen LogP contribution in [0.15, 0.2) is 0 Å². The van der Waals surface area contributed by atoms with E-state index in [1.165, 1.54) is 0 Å². The Morgan fingerprint density at radius 3 is 2.47 bits per heavy atom. The molecule has 17 heavy (non-hydrogen) atoms.